The fourth-order valence-corrected chi connectivity index (χ4v) is 1.42. The number of carboxylic acids is 1. The number of rotatable bonds is 5. The molecule has 0 aromatic carbocycles. The van der Waals surface area contributed by atoms with E-state index in [9.17, 15) is 9.00 Å². The van der Waals surface area contributed by atoms with Crippen LogP contribution in [0.1, 0.15) is 10.4 Å². The summed E-state index contributed by atoms with van der Waals surface area (Å²) in [7, 11) is -0.894. The Morgan fingerprint density at radius 3 is 3.00 bits per heavy atom. The summed E-state index contributed by atoms with van der Waals surface area (Å²) in [5.74, 6) is -0.242. The Kier molecular flexibility index (Phi) is 4.23. The molecule has 5 nitrogen and oxygen atoms in total. The Labute approximate surface area is 90.0 Å². The van der Waals surface area contributed by atoms with Crippen molar-refractivity contribution >= 4 is 22.6 Å². The van der Waals surface area contributed by atoms with Gasteiger partial charge in [-0.3, -0.25) is 4.21 Å². The molecule has 0 spiro atoms. The maximum Gasteiger partial charge on any atom is 0.339 e. The van der Waals surface area contributed by atoms with E-state index in [0.717, 1.165) is 0 Å². The van der Waals surface area contributed by atoms with E-state index in [1.54, 1.807) is 12.3 Å². The summed E-state index contributed by atoms with van der Waals surface area (Å²) in [6.07, 6.45) is 3.11. The molecule has 2 N–H and O–H groups in total. The van der Waals surface area contributed by atoms with Crippen LogP contribution >= 0.6 is 0 Å². The number of pyridine rings is 1. The van der Waals surface area contributed by atoms with Crippen molar-refractivity contribution in [3.8, 4) is 0 Å². The van der Waals surface area contributed by atoms with Crippen molar-refractivity contribution in [2.24, 2.45) is 0 Å². The van der Waals surface area contributed by atoms with Gasteiger partial charge in [-0.1, -0.05) is 0 Å². The van der Waals surface area contributed by atoms with Gasteiger partial charge in [0.15, 0.2) is 0 Å². The van der Waals surface area contributed by atoms with E-state index < -0.39 is 16.8 Å². The van der Waals surface area contributed by atoms with E-state index in [1.807, 2.05) is 0 Å². The lowest BCUT2D eigenvalue weighted by molar-refractivity contribution is 0.0697. The first-order chi connectivity index (χ1) is 7.11. The molecule has 15 heavy (non-hydrogen) atoms. The highest BCUT2D eigenvalue weighted by molar-refractivity contribution is 7.84. The van der Waals surface area contributed by atoms with E-state index in [4.69, 9.17) is 5.11 Å². The van der Waals surface area contributed by atoms with Crippen LogP contribution in [0.15, 0.2) is 18.3 Å². The summed E-state index contributed by atoms with van der Waals surface area (Å²) in [5, 5.41) is 11.7. The molecule has 0 fully saturated rings. The lowest BCUT2D eigenvalue weighted by Crippen LogP contribution is -2.13. The van der Waals surface area contributed by atoms with E-state index in [0.29, 0.717) is 18.1 Å². The molecule has 6 heteroatoms. The average Bonchev–Trinajstić information content (AvgIpc) is 2.17. The second-order valence-electron chi connectivity index (χ2n) is 2.91. The number of aromatic nitrogens is 1. The molecular formula is C9H12N2O3S. The third kappa shape index (κ3) is 3.67. The van der Waals surface area contributed by atoms with Crippen LogP contribution in [0.25, 0.3) is 0 Å². The number of carbonyl (C=O) groups is 1. The number of nitrogens with zero attached hydrogens (tertiary/aromatic N) is 1. The molecule has 1 rings (SSSR count). The van der Waals surface area contributed by atoms with Gasteiger partial charge in [-0.05, 0) is 12.1 Å². The molecule has 1 aromatic rings. The summed E-state index contributed by atoms with van der Waals surface area (Å²) in [6.45, 7) is 0.445. The Hall–Kier alpha value is -1.43. The smallest absolute Gasteiger partial charge is 0.339 e. The molecule has 1 aromatic heterocycles. The third-order valence-corrected chi connectivity index (χ3v) is 2.50. The maximum atomic E-state index is 10.8. The molecule has 0 aliphatic heterocycles. The predicted molar refractivity (Wildman–Crippen MR) is 58.6 cm³/mol. The van der Waals surface area contributed by atoms with Crippen molar-refractivity contribution < 1.29 is 14.1 Å². The molecule has 0 aliphatic carbocycles. The van der Waals surface area contributed by atoms with Crippen LogP contribution in [0.4, 0.5) is 5.82 Å². The largest absolute Gasteiger partial charge is 0.478 e. The average molecular weight is 228 g/mol. The predicted octanol–water partition coefficient (Wildman–Crippen LogP) is 0.570. The Morgan fingerprint density at radius 1 is 1.67 bits per heavy atom. The molecule has 1 heterocycles. The first kappa shape index (κ1) is 11.6. The van der Waals surface area contributed by atoms with Gasteiger partial charge in [0, 0.05) is 35.5 Å². The summed E-state index contributed by atoms with van der Waals surface area (Å²) in [6, 6.07) is 3.03. The summed E-state index contributed by atoms with van der Waals surface area (Å²) < 4.78 is 10.8. The number of hydrogen-bond donors (Lipinski definition) is 2. The molecule has 1 atom stereocenters. The molecule has 1 unspecified atom stereocenters. The minimum atomic E-state index is -1.02. The van der Waals surface area contributed by atoms with Gasteiger partial charge in [0.2, 0.25) is 0 Å². The van der Waals surface area contributed by atoms with Crippen LogP contribution in [-0.2, 0) is 10.8 Å². The SMILES string of the molecule is CS(=O)CCNc1ncccc1C(=O)O. The molecular weight excluding hydrogens is 216 g/mol. The second-order valence-corrected chi connectivity index (χ2v) is 4.46. The Bertz CT molecular complexity index is 381. The first-order valence-electron chi connectivity index (χ1n) is 4.33. The van der Waals surface area contributed by atoms with E-state index >= 15 is 0 Å². The van der Waals surface area contributed by atoms with Crippen molar-refractivity contribution in [2.75, 3.05) is 23.9 Å². The molecule has 0 bridgehead atoms. The second kappa shape index (κ2) is 5.45. The molecule has 82 valence electrons. The number of aromatic carboxylic acids is 1. The molecule has 0 radical (unpaired) electrons. The zero-order valence-corrected chi connectivity index (χ0v) is 9.08. The highest BCUT2D eigenvalue weighted by atomic mass is 32.2. The fraction of sp³-hybridized carbons (Fsp3) is 0.333. The lowest BCUT2D eigenvalue weighted by atomic mass is 10.2. The topological polar surface area (TPSA) is 79.3 Å². The number of carboxylic acid groups (broad SMARTS) is 1. The molecule has 0 aliphatic rings. The zero-order chi connectivity index (χ0) is 11.3. The van der Waals surface area contributed by atoms with Gasteiger partial charge < -0.3 is 10.4 Å². The van der Waals surface area contributed by atoms with Crippen molar-refractivity contribution in [2.45, 2.75) is 0 Å². The van der Waals surface area contributed by atoms with Crippen LogP contribution in [-0.4, -0.2) is 38.8 Å². The molecule has 0 saturated heterocycles. The normalized spacial score (nSPS) is 12.1. The Balaban J connectivity index is 2.67. The van der Waals surface area contributed by atoms with Crippen molar-refractivity contribution in [3.63, 3.8) is 0 Å². The molecule has 0 amide bonds. The van der Waals surface area contributed by atoms with Gasteiger partial charge in [-0.15, -0.1) is 0 Å². The highest BCUT2D eigenvalue weighted by Crippen LogP contribution is 2.10. The quantitative estimate of drug-likeness (QED) is 0.770. The van der Waals surface area contributed by atoms with Crippen LogP contribution in [0.5, 0.6) is 0 Å². The van der Waals surface area contributed by atoms with Crippen LogP contribution in [0.3, 0.4) is 0 Å². The van der Waals surface area contributed by atoms with Gasteiger partial charge in [0.1, 0.15) is 11.4 Å². The Morgan fingerprint density at radius 2 is 2.40 bits per heavy atom. The minimum Gasteiger partial charge on any atom is -0.478 e. The van der Waals surface area contributed by atoms with Gasteiger partial charge in [0.05, 0.1) is 0 Å². The van der Waals surface area contributed by atoms with Crippen molar-refractivity contribution in [3.05, 3.63) is 23.9 Å². The van der Waals surface area contributed by atoms with Gasteiger partial charge in [-0.25, -0.2) is 9.78 Å². The zero-order valence-electron chi connectivity index (χ0n) is 8.27. The third-order valence-electron chi connectivity index (χ3n) is 1.72. The standard InChI is InChI=1S/C9H12N2O3S/c1-15(14)6-5-11-8-7(9(12)13)3-2-4-10-8/h2-4H,5-6H2,1H3,(H,10,11)(H,12,13). The van der Waals surface area contributed by atoms with E-state index in [-0.39, 0.29) is 5.56 Å². The highest BCUT2D eigenvalue weighted by Gasteiger charge is 2.09. The summed E-state index contributed by atoms with van der Waals surface area (Å²) in [5.41, 5.74) is 0.124. The fourth-order valence-electron chi connectivity index (χ4n) is 1.03. The summed E-state index contributed by atoms with van der Waals surface area (Å²) in [4.78, 5) is 14.7. The first-order valence-corrected chi connectivity index (χ1v) is 6.06. The van der Waals surface area contributed by atoms with Gasteiger partial charge >= 0.3 is 5.97 Å². The lowest BCUT2D eigenvalue weighted by Gasteiger charge is -2.06. The number of nitrogens with one attached hydrogen (secondary N) is 1. The number of anilines is 1. The molecule has 0 saturated carbocycles. The van der Waals surface area contributed by atoms with Crippen LogP contribution in [0.2, 0.25) is 0 Å². The van der Waals surface area contributed by atoms with Crippen LogP contribution in [0, 0.1) is 0 Å². The van der Waals surface area contributed by atoms with Crippen molar-refractivity contribution in [1.82, 2.24) is 4.98 Å². The van der Waals surface area contributed by atoms with Crippen LogP contribution < -0.4 is 5.32 Å². The van der Waals surface area contributed by atoms with E-state index in [1.165, 1.54) is 12.3 Å². The van der Waals surface area contributed by atoms with E-state index in [2.05, 4.69) is 10.3 Å². The van der Waals surface area contributed by atoms with Crippen molar-refractivity contribution in [1.29, 1.82) is 0 Å². The van der Waals surface area contributed by atoms with Gasteiger partial charge in [0.25, 0.3) is 0 Å². The number of hydrogen-bond acceptors (Lipinski definition) is 4. The monoisotopic (exact) mass is 228 g/mol. The van der Waals surface area contributed by atoms with Gasteiger partial charge in [-0.2, -0.15) is 0 Å². The maximum absolute atomic E-state index is 10.8. The minimum absolute atomic E-state index is 0.124. The summed E-state index contributed by atoms with van der Waals surface area (Å²) >= 11 is 0.